The lowest BCUT2D eigenvalue weighted by Gasteiger charge is -2.29. The maximum atomic E-state index is 12.4. The van der Waals surface area contributed by atoms with E-state index in [1.54, 1.807) is 0 Å². The lowest BCUT2D eigenvalue weighted by Crippen LogP contribution is -2.33. The SMILES string of the molecule is CC(C)(C)C(CN)COc1ccc(C(F)(F)F)cc1. The largest absolute Gasteiger partial charge is 0.493 e. The lowest BCUT2D eigenvalue weighted by molar-refractivity contribution is -0.137. The van der Waals surface area contributed by atoms with E-state index in [0.717, 1.165) is 12.1 Å². The Morgan fingerprint density at radius 3 is 2.00 bits per heavy atom. The van der Waals surface area contributed by atoms with E-state index in [1.165, 1.54) is 12.1 Å². The third-order valence-electron chi connectivity index (χ3n) is 3.14. The fourth-order valence-electron chi connectivity index (χ4n) is 1.61. The first-order valence-corrected chi connectivity index (χ1v) is 6.14. The number of hydrogen-bond acceptors (Lipinski definition) is 2. The van der Waals surface area contributed by atoms with Crippen LogP contribution in [-0.2, 0) is 6.18 Å². The molecule has 0 bridgehead atoms. The summed E-state index contributed by atoms with van der Waals surface area (Å²) in [6.07, 6.45) is -4.32. The van der Waals surface area contributed by atoms with Crippen molar-refractivity contribution in [1.29, 1.82) is 0 Å². The molecule has 2 N–H and O–H groups in total. The minimum atomic E-state index is -4.32. The second kappa shape index (κ2) is 5.82. The average Bonchev–Trinajstić information content (AvgIpc) is 2.27. The zero-order valence-electron chi connectivity index (χ0n) is 11.4. The summed E-state index contributed by atoms with van der Waals surface area (Å²) in [7, 11) is 0. The number of ether oxygens (including phenoxy) is 1. The minimum Gasteiger partial charge on any atom is -0.493 e. The molecule has 1 rings (SSSR count). The number of benzene rings is 1. The standard InChI is InChI=1S/C14H20F3NO/c1-13(2,3)11(8-18)9-19-12-6-4-10(5-7-12)14(15,16)17/h4-7,11H,8-9,18H2,1-3H3. The van der Waals surface area contributed by atoms with E-state index in [-0.39, 0.29) is 11.3 Å². The van der Waals surface area contributed by atoms with Gasteiger partial charge in [0.2, 0.25) is 0 Å². The van der Waals surface area contributed by atoms with Crippen molar-refractivity contribution in [3.63, 3.8) is 0 Å². The van der Waals surface area contributed by atoms with Gasteiger partial charge in [0.05, 0.1) is 12.2 Å². The molecule has 0 amide bonds. The molecule has 0 aliphatic heterocycles. The molecule has 0 aliphatic carbocycles. The number of halogens is 3. The van der Waals surface area contributed by atoms with Gasteiger partial charge in [0.25, 0.3) is 0 Å². The first kappa shape index (κ1) is 15.8. The van der Waals surface area contributed by atoms with E-state index in [1.807, 2.05) is 0 Å². The second-order valence-corrected chi connectivity index (χ2v) is 5.63. The highest BCUT2D eigenvalue weighted by atomic mass is 19.4. The summed E-state index contributed by atoms with van der Waals surface area (Å²) in [6, 6.07) is 4.70. The Labute approximate surface area is 111 Å². The summed E-state index contributed by atoms with van der Waals surface area (Å²) < 4.78 is 42.7. The van der Waals surface area contributed by atoms with Crippen molar-refractivity contribution >= 4 is 0 Å². The van der Waals surface area contributed by atoms with Crippen LogP contribution in [0.15, 0.2) is 24.3 Å². The molecule has 108 valence electrons. The monoisotopic (exact) mass is 275 g/mol. The zero-order valence-corrected chi connectivity index (χ0v) is 11.4. The molecular formula is C14H20F3NO. The van der Waals surface area contributed by atoms with Gasteiger partial charge in [-0.25, -0.2) is 0 Å². The molecule has 0 fully saturated rings. The number of rotatable bonds is 4. The van der Waals surface area contributed by atoms with Crippen LogP contribution >= 0.6 is 0 Å². The first-order chi connectivity index (χ1) is 8.64. The van der Waals surface area contributed by atoms with E-state index in [0.29, 0.717) is 18.9 Å². The second-order valence-electron chi connectivity index (χ2n) is 5.63. The summed E-state index contributed by atoms with van der Waals surface area (Å²) in [5, 5.41) is 0. The van der Waals surface area contributed by atoms with Crippen LogP contribution in [0.1, 0.15) is 26.3 Å². The molecule has 1 unspecified atom stereocenters. The molecule has 2 nitrogen and oxygen atoms in total. The number of hydrogen-bond donors (Lipinski definition) is 1. The predicted octanol–water partition coefficient (Wildman–Crippen LogP) is 3.71. The van der Waals surface area contributed by atoms with Crippen molar-refractivity contribution in [2.24, 2.45) is 17.1 Å². The molecule has 5 heteroatoms. The van der Waals surface area contributed by atoms with Crippen LogP contribution in [-0.4, -0.2) is 13.2 Å². The fraction of sp³-hybridized carbons (Fsp3) is 0.571. The molecule has 19 heavy (non-hydrogen) atoms. The van der Waals surface area contributed by atoms with Crippen LogP contribution in [0.25, 0.3) is 0 Å². The van der Waals surface area contributed by atoms with Crippen molar-refractivity contribution in [3.8, 4) is 5.75 Å². The van der Waals surface area contributed by atoms with Crippen LogP contribution in [0, 0.1) is 11.3 Å². The molecule has 0 saturated heterocycles. The molecule has 0 aliphatic rings. The van der Waals surface area contributed by atoms with Gasteiger partial charge in [0, 0.05) is 5.92 Å². The zero-order chi connectivity index (χ0) is 14.7. The highest BCUT2D eigenvalue weighted by Crippen LogP contribution is 2.31. The highest BCUT2D eigenvalue weighted by molar-refractivity contribution is 5.28. The van der Waals surface area contributed by atoms with Crippen LogP contribution in [0.5, 0.6) is 5.75 Å². The van der Waals surface area contributed by atoms with Crippen LogP contribution in [0.4, 0.5) is 13.2 Å². The Kier molecular flexibility index (Phi) is 4.85. The topological polar surface area (TPSA) is 35.2 Å². The van der Waals surface area contributed by atoms with E-state index in [4.69, 9.17) is 10.5 Å². The molecule has 0 aromatic heterocycles. The van der Waals surface area contributed by atoms with Gasteiger partial charge in [-0.1, -0.05) is 20.8 Å². The van der Waals surface area contributed by atoms with Crippen molar-refractivity contribution < 1.29 is 17.9 Å². The minimum absolute atomic E-state index is 0.000655. The Bertz CT molecular complexity index is 393. The van der Waals surface area contributed by atoms with Crippen LogP contribution in [0.2, 0.25) is 0 Å². The molecule has 0 spiro atoms. The summed E-state index contributed by atoms with van der Waals surface area (Å²) >= 11 is 0. The molecule has 0 saturated carbocycles. The lowest BCUT2D eigenvalue weighted by atomic mass is 9.81. The van der Waals surface area contributed by atoms with Crippen molar-refractivity contribution in [2.45, 2.75) is 26.9 Å². The smallest absolute Gasteiger partial charge is 0.416 e. The maximum Gasteiger partial charge on any atom is 0.416 e. The van der Waals surface area contributed by atoms with Crippen molar-refractivity contribution in [1.82, 2.24) is 0 Å². The molecule has 1 aromatic carbocycles. The molecule has 0 heterocycles. The maximum absolute atomic E-state index is 12.4. The summed E-state index contributed by atoms with van der Waals surface area (Å²) in [6.45, 7) is 7.04. The number of alkyl halides is 3. The van der Waals surface area contributed by atoms with Gasteiger partial charge in [0.1, 0.15) is 5.75 Å². The van der Waals surface area contributed by atoms with E-state index >= 15 is 0 Å². The molecule has 1 aromatic rings. The van der Waals surface area contributed by atoms with Gasteiger partial charge in [-0.15, -0.1) is 0 Å². The average molecular weight is 275 g/mol. The molecule has 1 atom stereocenters. The first-order valence-electron chi connectivity index (χ1n) is 6.14. The van der Waals surface area contributed by atoms with Gasteiger partial charge in [-0.3, -0.25) is 0 Å². The summed E-state index contributed by atoms with van der Waals surface area (Å²) in [4.78, 5) is 0. The Balaban J connectivity index is 2.64. The molecular weight excluding hydrogens is 255 g/mol. The van der Waals surface area contributed by atoms with E-state index < -0.39 is 11.7 Å². The predicted molar refractivity (Wildman–Crippen MR) is 68.9 cm³/mol. The van der Waals surface area contributed by atoms with E-state index in [2.05, 4.69) is 20.8 Å². The number of nitrogens with two attached hydrogens (primary N) is 1. The van der Waals surface area contributed by atoms with Gasteiger partial charge in [0.15, 0.2) is 0 Å². The fourth-order valence-corrected chi connectivity index (χ4v) is 1.61. The van der Waals surface area contributed by atoms with Gasteiger partial charge >= 0.3 is 6.18 Å². The Morgan fingerprint density at radius 2 is 1.63 bits per heavy atom. The quantitative estimate of drug-likeness (QED) is 0.909. The Morgan fingerprint density at radius 1 is 1.11 bits per heavy atom. The van der Waals surface area contributed by atoms with Crippen LogP contribution < -0.4 is 10.5 Å². The Hall–Kier alpha value is -1.23. The normalized spacial score (nSPS) is 14.3. The third-order valence-corrected chi connectivity index (χ3v) is 3.14. The van der Waals surface area contributed by atoms with E-state index in [9.17, 15) is 13.2 Å². The van der Waals surface area contributed by atoms with Gasteiger partial charge in [-0.05, 0) is 36.2 Å². The van der Waals surface area contributed by atoms with Gasteiger partial charge in [-0.2, -0.15) is 13.2 Å². The third kappa shape index (κ3) is 4.74. The summed E-state index contributed by atoms with van der Waals surface area (Å²) in [5.74, 6) is 0.575. The van der Waals surface area contributed by atoms with Crippen molar-refractivity contribution in [3.05, 3.63) is 29.8 Å². The molecule has 0 radical (unpaired) electrons. The van der Waals surface area contributed by atoms with Crippen molar-refractivity contribution in [2.75, 3.05) is 13.2 Å². The van der Waals surface area contributed by atoms with Gasteiger partial charge < -0.3 is 10.5 Å². The van der Waals surface area contributed by atoms with Crippen LogP contribution in [0.3, 0.4) is 0 Å². The summed E-state index contributed by atoms with van der Waals surface area (Å²) in [5.41, 5.74) is 5.00. The highest BCUT2D eigenvalue weighted by Gasteiger charge is 2.30.